The minimum absolute atomic E-state index is 0.292. The summed E-state index contributed by atoms with van der Waals surface area (Å²) in [6.45, 7) is 0. The first-order chi connectivity index (χ1) is 13.2. The zero-order valence-corrected chi connectivity index (χ0v) is 16.0. The molecular formula is C21H23N5S. The Morgan fingerprint density at radius 2 is 1.67 bits per heavy atom. The van der Waals surface area contributed by atoms with E-state index in [0.29, 0.717) is 10.5 Å². The molecule has 0 aliphatic heterocycles. The van der Waals surface area contributed by atoms with Crippen LogP contribution < -0.4 is 5.73 Å². The first-order valence-electron chi connectivity index (χ1n) is 9.91. The van der Waals surface area contributed by atoms with Crippen LogP contribution in [0, 0.1) is 17.8 Å². The predicted molar refractivity (Wildman–Crippen MR) is 107 cm³/mol. The average molecular weight is 378 g/mol. The summed E-state index contributed by atoms with van der Waals surface area (Å²) in [7, 11) is 0. The molecule has 0 unspecified atom stereocenters. The molecule has 0 radical (unpaired) electrons. The van der Waals surface area contributed by atoms with E-state index in [-0.39, 0.29) is 0 Å². The lowest BCUT2D eigenvalue weighted by molar-refractivity contribution is -0.00827. The van der Waals surface area contributed by atoms with Crippen LogP contribution in [0.2, 0.25) is 0 Å². The molecule has 2 aromatic heterocycles. The minimum Gasteiger partial charge on any atom is -0.375 e. The van der Waals surface area contributed by atoms with Crippen LogP contribution in [-0.4, -0.2) is 20.0 Å². The zero-order chi connectivity index (χ0) is 18.0. The Morgan fingerprint density at radius 3 is 2.26 bits per heavy atom. The fourth-order valence-corrected chi connectivity index (χ4v) is 6.98. The third kappa shape index (κ3) is 2.46. The van der Waals surface area contributed by atoms with Gasteiger partial charge in [0.2, 0.25) is 0 Å². The Bertz CT molecular complexity index is 951. The Labute approximate surface area is 162 Å². The lowest BCUT2D eigenvalue weighted by Crippen LogP contribution is -2.49. The Hall–Kier alpha value is -2.21. The van der Waals surface area contributed by atoms with Crippen molar-refractivity contribution in [1.82, 2.24) is 20.0 Å². The maximum absolute atomic E-state index is 5.77. The summed E-state index contributed by atoms with van der Waals surface area (Å²) >= 11 is 1.47. The topological polar surface area (TPSA) is 69.6 Å². The van der Waals surface area contributed by atoms with E-state index in [1.165, 1.54) is 55.6 Å². The second kappa shape index (κ2) is 5.64. The van der Waals surface area contributed by atoms with E-state index in [1.807, 2.05) is 11.6 Å². The minimum atomic E-state index is 0.292. The van der Waals surface area contributed by atoms with Crippen LogP contribution in [0.3, 0.4) is 0 Å². The van der Waals surface area contributed by atoms with Gasteiger partial charge in [-0.25, -0.2) is 9.67 Å². The summed E-state index contributed by atoms with van der Waals surface area (Å²) in [6, 6.07) is 8.47. The lowest BCUT2D eigenvalue weighted by atomic mass is 9.49. The molecule has 138 valence electrons. The van der Waals surface area contributed by atoms with E-state index in [4.69, 9.17) is 5.73 Å². The zero-order valence-electron chi connectivity index (χ0n) is 15.2. The molecule has 0 saturated heterocycles. The molecule has 27 heavy (non-hydrogen) atoms. The molecule has 5 nitrogen and oxygen atoms in total. The van der Waals surface area contributed by atoms with Gasteiger partial charge in [0.15, 0.2) is 5.13 Å². The molecule has 0 atom stereocenters. The number of nitrogens with two attached hydrogens (primary N) is 1. The van der Waals surface area contributed by atoms with Crippen molar-refractivity contribution in [2.24, 2.45) is 17.8 Å². The van der Waals surface area contributed by atoms with Crippen molar-refractivity contribution in [1.29, 1.82) is 0 Å². The third-order valence-corrected chi connectivity index (χ3v) is 7.73. The molecule has 7 rings (SSSR count). The van der Waals surface area contributed by atoms with Gasteiger partial charge in [0, 0.05) is 16.4 Å². The highest BCUT2D eigenvalue weighted by atomic mass is 32.1. The van der Waals surface area contributed by atoms with Gasteiger partial charge in [-0.2, -0.15) is 0 Å². The van der Waals surface area contributed by atoms with Crippen LogP contribution >= 0.6 is 11.3 Å². The van der Waals surface area contributed by atoms with E-state index in [0.717, 1.165) is 34.7 Å². The molecule has 4 aliphatic rings. The fraction of sp³-hybridized carbons (Fsp3) is 0.476. The molecule has 4 fully saturated rings. The molecule has 2 heterocycles. The van der Waals surface area contributed by atoms with Crippen LogP contribution in [0.25, 0.3) is 16.9 Å². The monoisotopic (exact) mass is 377 g/mol. The third-order valence-electron chi connectivity index (χ3n) is 7.06. The summed E-state index contributed by atoms with van der Waals surface area (Å²) < 4.78 is 2.09. The SMILES string of the molecule is Nc1nc(-c2ccc(-n3nncc3C34CC5CC(CC(C5)C3)C4)cc2)cs1. The van der Waals surface area contributed by atoms with Gasteiger partial charge in [-0.15, -0.1) is 16.4 Å². The van der Waals surface area contributed by atoms with Gasteiger partial charge in [-0.05, 0) is 68.4 Å². The van der Waals surface area contributed by atoms with E-state index < -0.39 is 0 Å². The van der Waals surface area contributed by atoms with Crippen molar-refractivity contribution in [3.8, 4) is 16.9 Å². The van der Waals surface area contributed by atoms with E-state index in [9.17, 15) is 0 Å². The lowest BCUT2D eigenvalue weighted by Gasteiger charge is -2.56. The molecule has 0 amide bonds. The maximum Gasteiger partial charge on any atom is 0.180 e. The Balaban J connectivity index is 1.36. The van der Waals surface area contributed by atoms with Gasteiger partial charge < -0.3 is 5.73 Å². The van der Waals surface area contributed by atoms with Crippen molar-refractivity contribution in [3.63, 3.8) is 0 Å². The largest absolute Gasteiger partial charge is 0.375 e. The molecule has 4 saturated carbocycles. The van der Waals surface area contributed by atoms with Gasteiger partial charge in [0.25, 0.3) is 0 Å². The highest BCUT2D eigenvalue weighted by molar-refractivity contribution is 7.13. The van der Waals surface area contributed by atoms with Crippen LogP contribution in [-0.2, 0) is 5.41 Å². The number of thiazole rings is 1. The Morgan fingerprint density at radius 1 is 1.00 bits per heavy atom. The summed E-state index contributed by atoms with van der Waals surface area (Å²) in [4.78, 5) is 4.38. The number of anilines is 1. The number of hydrogen-bond donors (Lipinski definition) is 1. The summed E-state index contributed by atoms with van der Waals surface area (Å²) in [6.07, 6.45) is 10.3. The molecule has 1 aromatic carbocycles. The van der Waals surface area contributed by atoms with Crippen molar-refractivity contribution in [2.75, 3.05) is 5.73 Å². The number of benzene rings is 1. The van der Waals surface area contributed by atoms with Gasteiger partial charge in [0.05, 0.1) is 23.3 Å². The van der Waals surface area contributed by atoms with Gasteiger partial charge in [-0.1, -0.05) is 17.3 Å². The van der Waals surface area contributed by atoms with Crippen molar-refractivity contribution < 1.29 is 0 Å². The second-order valence-corrected chi connectivity index (χ2v) is 9.74. The van der Waals surface area contributed by atoms with E-state index in [1.54, 1.807) is 0 Å². The summed E-state index contributed by atoms with van der Waals surface area (Å²) in [5.41, 5.74) is 10.5. The highest BCUT2D eigenvalue weighted by Crippen LogP contribution is 2.60. The van der Waals surface area contributed by atoms with Crippen molar-refractivity contribution in [2.45, 2.75) is 43.9 Å². The number of nitrogens with zero attached hydrogens (tertiary/aromatic N) is 4. The van der Waals surface area contributed by atoms with E-state index in [2.05, 4.69) is 44.2 Å². The molecular weight excluding hydrogens is 354 g/mol. The highest BCUT2D eigenvalue weighted by Gasteiger charge is 2.53. The maximum atomic E-state index is 5.77. The number of nitrogen functional groups attached to an aromatic ring is 1. The second-order valence-electron chi connectivity index (χ2n) is 8.85. The fourth-order valence-electron chi connectivity index (χ4n) is 6.41. The molecule has 3 aromatic rings. The quantitative estimate of drug-likeness (QED) is 0.732. The smallest absolute Gasteiger partial charge is 0.180 e. The van der Waals surface area contributed by atoms with E-state index >= 15 is 0 Å². The standard InChI is InChI=1S/C21H23N5S/c22-20-24-18(12-27-20)16-1-3-17(4-2-16)26-19(11-23-25-26)21-8-13-5-14(9-21)7-15(6-13)10-21/h1-4,11-15H,5-10H2,(H2,22,24). The Kier molecular flexibility index (Phi) is 3.30. The van der Waals surface area contributed by atoms with Gasteiger partial charge in [0.1, 0.15) is 0 Å². The molecule has 4 aliphatic carbocycles. The van der Waals surface area contributed by atoms with Gasteiger partial charge >= 0.3 is 0 Å². The van der Waals surface area contributed by atoms with Crippen molar-refractivity contribution >= 4 is 16.5 Å². The van der Waals surface area contributed by atoms with Gasteiger partial charge in [-0.3, -0.25) is 0 Å². The first kappa shape index (κ1) is 15.8. The van der Waals surface area contributed by atoms with Crippen LogP contribution in [0.15, 0.2) is 35.8 Å². The number of hydrogen-bond acceptors (Lipinski definition) is 5. The van der Waals surface area contributed by atoms with Crippen LogP contribution in [0.4, 0.5) is 5.13 Å². The molecule has 6 heteroatoms. The molecule has 4 bridgehead atoms. The number of aromatic nitrogens is 4. The first-order valence-corrected chi connectivity index (χ1v) is 10.8. The summed E-state index contributed by atoms with van der Waals surface area (Å²) in [5, 5.41) is 11.4. The van der Waals surface area contributed by atoms with Crippen LogP contribution in [0.1, 0.15) is 44.2 Å². The normalized spacial score (nSPS) is 31.5. The molecule has 0 spiro atoms. The summed E-state index contributed by atoms with van der Waals surface area (Å²) in [5.74, 6) is 2.74. The van der Waals surface area contributed by atoms with Crippen molar-refractivity contribution in [3.05, 3.63) is 41.5 Å². The molecule has 2 N–H and O–H groups in total. The van der Waals surface area contributed by atoms with Crippen LogP contribution in [0.5, 0.6) is 0 Å². The number of rotatable bonds is 3. The average Bonchev–Trinajstić information content (AvgIpc) is 3.30. The predicted octanol–water partition coefficient (Wildman–Crippen LogP) is 4.44.